The lowest BCUT2D eigenvalue weighted by atomic mass is 10.0. The summed E-state index contributed by atoms with van der Waals surface area (Å²) in [4.78, 5) is 38.0. The number of esters is 3. The van der Waals surface area contributed by atoms with Gasteiger partial charge in [-0.05, 0) is 57.8 Å². The SMILES string of the molecule is CC/C=C\C/C=C\C/C=C\C/C=C\C/C=C\C/C=C\CCC(=O)OC[C@H](COC(=O)CCCCCCCCCCCCCCCCCCCCC)OC(=O)CCCCCCCCCCCCC. The van der Waals surface area contributed by atoms with Gasteiger partial charge in [-0.15, -0.1) is 0 Å². The zero-order valence-corrected chi connectivity index (χ0v) is 44.2. The van der Waals surface area contributed by atoms with Crippen LogP contribution in [0.15, 0.2) is 72.9 Å². The molecule has 6 heteroatoms. The number of hydrogen-bond donors (Lipinski definition) is 0. The van der Waals surface area contributed by atoms with Gasteiger partial charge in [0.25, 0.3) is 0 Å². The number of unbranched alkanes of at least 4 members (excludes halogenated alkanes) is 28. The highest BCUT2D eigenvalue weighted by molar-refractivity contribution is 5.71. The quantitative estimate of drug-likeness (QED) is 0.0262. The molecular formula is C61H106O6. The van der Waals surface area contributed by atoms with E-state index < -0.39 is 6.10 Å². The van der Waals surface area contributed by atoms with Gasteiger partial charge in [-0.1, -0.05) is 273 Å². The van der Waals surface area contributed by atoms with Crippen LogP contribution in [-0.4, -0.2) is 37.2 Å². The monoisotopic (exact) mass is 935 g/mol. The zero-order chi connectivity index (χ0) is 48.6. The second kappa shape index (κ2) is 55.4. The van der Waals surface area contributed by atoms with Crippen LogP contribution < -0.4 is 0 Å². The number of ether oxygens (including phenoxy) is 3. The maximum Gasteiger partial charge on any atom is 0.306 e. The number of rotatable bonds is 51. The molecule has 0 aromatic rings. The summed E-state index contributed by atoms with van der Waals surface area (Å²) in [6.45, 7) is 6.48. The van der Waals surface area contributed by atoms with Gasteiger partial charge >= 0.3 is 17.9 Å². The molecule has 0 unspecified atom stereocenters. The number of allylic oxidation sites excluding steroid dienone is 12. The molecule has 0 aliphatic carbocycles. The first-order valence-corrected chi connectivity index (χ1v) is 28.4. The van der Waals surface area contributed by atoms with E-state index in [2.05, 4.69) is 87.6 Å². The summed E-state index contributed by atoms with van der Waals surface area (Å²) in [5.41, 5.74) is 0. The minimum atomic E-state index is -0.802. The first-order valence-electron chi connectivity index (χ1n) is 28.4. The molecule has 0 aliphatic heterocycles. The molecule has 0 aromatic carbocycles. The predicted octanol–water partition coefficient (Wildman–Crippen LogP) is 19.0. The third-order valence-corrected chi connectivity index (χ3v) is 12.2. The highest BCUT2D eigenvalue weighted by atomic mass is 16.6. The van der Waals surface area contributed by atoms with E-state index >= 15 is 0 Å². The Morgan fingerprint density at radius 1 is 0.313 bits per heavy atom. The van der Waals surface area contributed by atoms with Gasteiger partial charge in [0, 0.05) is 19.3 Å². The average molecular weight is 936 g/mol. The van der Waals surface area contributed by atoms with Crippen molar-refractivity contribution < 1.29 is 28.6 Å². The predicted molar refractivity (Wildman–Crippen MR) is 288 cm³/mol. The molecule has 0 heterocycles. The van der Waals surface area contributed by atoms with Crippen molar-refractivity contribution in [2.45, 2.75) is 284 Å². The zero-order valence-electron chi connectivity index (χ0n) is 44.2. The van der Waals surface area contributed by atoms with Gasteiger partial charge in [0.15, 0.2) is 6.10 Å². The van der Waals surface area contributed by atoms with Gasteiger partial charge in [0.1, 0.15) is 13.2 Å². The van der Waals surface area contributed by atoms with Crippen LogP contribution >= 0.6 is 0 Å². The van der Waals surface area contributed by atoms with Gasteiger partial charge in [0.2, 0.25) is 0 Å². The highest BCUT2D eigenvalue weighted by Crippen LogP contribution is 2.16. The van der Waals surface area contributed by atoms with E-state index in [1.54, 1.807) is 0 Å². The summed E-state index contributed by atoms with van der Waals surface area (Å²) in [6.07, 6.45) is 70.5. The lowest BCUT2D eigenvalue weighted by molar-refractivity contribution is -0.166. The summed E-state index contributed by atoms with van der Waals surface area (Å²) in [7, 11) is 0. The van der Waals surface area contributed by atoms with Gasteiger partial charge < -0.3 is 14.2 Å². The van der Waals surface area contributed by atoms with E-state index in [1.807, 2.05) is 6.08 Å². The van der Waals surface area contributed by atoms with Gasteiger partial charge in [-0.3, -0.25) is 14.4 Å². The van der Waals surface area contributed by atoms with Crippen LogP contribution in [0, 0.1) is 0 Å². The molecule has 0 rings (SSSR count). The Kier molecular flexibility index (Phi) is 52.8. The second-order valence-corrected chi connectivity index (χ2v) is 18.8. The number of hydrogen-bond acceptors (Lipinski definition) is 6. The molecule has 0 spiro atoms. The molecule has 0 saturated carbocycles. The van der Waals surface area contributed by atoms with Crippen LogP contribution in [0.2, 0.25) is 0 Å². The molecule has 0 saturated heterocycles. The molecule has 0 N–H and O–H groups in total. The smallest absolute Gasteiger partial charge is 0.306 e. The summed E-state index contributed by atoms with van der Waals surface area (Å²) >= 11 is 0. The second-order valence-electron chi connectivity index (χ2n) is 18.8. The van der Waals surface area contributed by atoms with Crippen molar-refractivity contribution in [2.75, 3.05) is 13.2 Å². The largest absolute Gasteiger partial charge is 0.462 e. The summed E-state index contributed by atoms with van der Waals surface area (Å²) in [5.74, 6) is -0.974. The highest BCUT2D eigenvalue weighted by Gasteiger charge is 2.19. The summed E-state index contributed by atoms with van der Waals surface area (Å²) < 4.78 is 16.8. The molecular weight excluding hydrogens is 829 g/mol. The Morgan fingerprint density at radius 3 is 0.910 bits per heavy atom. The maximum absolute atomic E-state index is 12.8. The van der Waals surface area contributed by atoms with Crippen LogP contribution in [0.1, 0.15) is 278 Å². The number of carbonyl (C=O) groups is 3. The molecule has 0 radical (unpaired) electrons. The molecule has 0 bridgehead atoms. The van der Waals surface area contributed by atoms with Crippen LogP contribution in [0.5, 0.6) is 0 Å². The van der Waals surface area contributed by atoms with E-state index in [1.165, 1.54) is 154 Å². The van der Waals surface area contributed by atoms with Crippen LogP contribution in [0.3, 0.4) is 0 Å². The first kappa shape index (κ1) is 63.8. The van der Waals surface area contributed by atoms with Crippen molar-refractivity contribution in [2.24, 2.45) is 0 Å². The average Bonchev–Trinajstić information content (AvgIpc) is 3.33. The van der Waals surface area contributed by atoms with Crippen molar-refractivity contribution in [3.05, 3.63) is 72.9 Å². The standard InChI is InChI=1S/C61H106O6/c1-4-7-10-13-16-19-22-24-26-28-30-32-34-36-39-41-44-47-50-53-59(62)65-56-58(67-61(64)55-52-49-46-43-38-21-18-15-12-9-6-3)57-66-60(63)54-51-48-45-42-40-37-35-33-31-29-27-25-23-20-17-14-11-8-5-2/h7,10,16,19,24,26,30,32,36,39,44,47,58H,4-6,8-9,11-15,17-18,20-23,25,27-29,31,33-35,37-38,40-43,45-46,48-57H2,1-3H3/b10-7-,19-16-,26-24-,32-30-,39-36-,47-44-/t58-/m1/s1. The van der Waals surface area contributed by atoms with Gasteiger partial charge in [0.05, 0.1) is 0 Å². The van der Waals surface area contributed by atoms with E-state index in [-0.39, 0.29) is 37.5 Å². The molecule has 67 heavy (non-hydrogen) atoms. The van der Waals surface area contributed by atoms with Crippen molar-refractivity contribution in [1.82, 2.24) is 0 Å². The Balaban J connectivity index is 4.39. The van der Waals surface area contributed by atoms with Crippen molar-refractivity contribution in [3.8, 4) is 0 Å². The van der Waals surface area contributed by atoms with E-state index in [4.69, 9.17) is 14.2 Å². The van der Waals surface area contributed by atoms with Crippen molar-refractivity contribution >= 4 is 17.9 Å². The Hall–Kier alpha value is -3.15. The molecule has 1 atom stereocenters. The normalized spacial score (nSPS) is 12.6. The van der Waals surface area contributed by atoms with Gasteiger partial charge in [-0.2, -0.15) is 0 Å². The van der Waals surface area contributed by atoms with Crippen LogP contribution in [0.4, 0.5) is 0 Å². The fourth-order valence-electron chi connectivity index (χ4n) is 8.00. The van der Waals surface area contributed by atoms with Crippen LogP contribution in [-0.2, 0) is 28.6 Å². The van der Waals surface area contributed by atoms with E-state index in [9.17, 15) is 14.4 Å². The minimum Gasteiger partial charge on any atom is -0.462 e. The Morgan fingerprint density at radius 2 is 0.582 bits per heavy atom. The fourth-order valence-corrected chi connectivity index (χ4v) is 8.00. The molecule has 0 fully saturated rings. The summed E-state index contributed by atoms with van der Waals surface area (Å²) in [6, 6.07) is 0. The Labute approximate surface area is 414 Å². The van der Waals surface area contributed by atoms with E-state index in [0.29, 0.717) is 19.3 Å². The number of carbonyl (C=O) groups excluding carboxylic acids is 3. The fraction of sp³-hybridized carbons (Fsp3) is 0.754. The molecule has 0 aliphatic rings. The van der Waals surface area contributed by atoms with Crippen LogP contribution in [0.25, 0.3) is 0 Å². The van der Waals surface area contributed by atoms with E-state index in [0.717, 1.165) is 77.0 Å². The lowest BCUT2D eigenvalue weighted by Gasteiger charge is -2.18. The lowest BCUT2D eigenvalue weighted by Crippen LogP contribution is -2.30. The third-order valence-electron chi connectivity index (χ3n) is 12.2. The topological polar surface area (TPSA) is 78.9 Å². The van der Waals surface area contributed by atoms with Crippen molar-refractivity contribution in [1.29, 1.82) is 0 Å². The maximum atomic E-state index is 12.8. The molecule has 386 valence electrons. The Bertz CT molecular complexity index is 1260. The van der Waals surface area contributed by atoms with Gasteiger partial charge in [-0.25, -0.2) is 0 Å². The third kappa shape index (κ3) is 53.7. The van der Waals surface area contributed by atoms with Crippen molar-refractivity contribution in [3.63, 3.8) is 0 Å². The molecule has 6 nitrogen and oxygen atoms in total. The molecule has 0 amide bonds. The minimum absolute atomic E-state index is 0.0949. The molecule has 0 aromatic heterocycles. The first-order chi connectivity index (χ1) is 33.0. The summed E-state index contributed by atoms with van der Waals surface area (Å²) in [5, 5.41) is 0.